The number of alkyl halides is 3. The van der Waals surface area contributed by atoms with Gasteiger partial charge in [0.05, 0.1) is 0 Å². The largest absolute Gasteiger partial charge is 0.452 e. The van der Waals surface area contributed by atoms with Crippen molar-refractivity contribution in [2.75, 3.05) is 0 Å². The first-order valence-corrected chi connectivity index (χ1v) is 6.07. The summed E-state index contributed by atoms with van der Waals surface area (Å²) in [5, 5.41) is 0.0272. The third-order valence-electron chi connectivity index (χ3n) is 2.24. The Morgan fingerprint density at radius 2 is 1.65 bits per heavy atom. The zero-order valence-corrected chi connectivity index (χ0v) is 11.5. The minimum atomic E-state index is -4.70. The number of halogens is 5. The fourth-order valence-corrected chi connectivity index (χ4v) is 1.81. The van der Waals surface area contributed by atoms with Gasteiger partial charge in [-0.15, -0.1) is 0 Å². The summed E-state index contributed by atoms with van der Waals surface area (Å²) in [7, 11) is 0. The summed E-state index contributed by atoms with van der Waals surface area (Å²) in [5.74, 6) is -0.577. The first-order valence-electron chi connectivity index (χ1n) is 5.32. The van der Waals surface area contributed by atoms with Crippen LogP contribution in [0.1, 0.15) is 11.5 Å². The number of hydrogen-bond donors (Lipinski definition) is 0. The highest BCUT2D eigenvalue weighted by Crippen LogP contribution is 2.40. The van der Waals surface area contributed by atoms with Gasteiger partial charge in [-0.3, -0.25) is 0 Å². The summed E-state index contributed by atoms with van der Waals surface area (Å²) in [6.07, 6.45) is -4.70. The Morgan fingerprint density at radius 1 is 1.05 bits per heavy atom. The van der Waals surface area contributed by atoms with E-state index in [1.807, 2.05) is 0 Å². The van der Waals surface area contributed by atoms with Gasteiger partial charge in [0, 0.05) is 5.02 Å². The van der Waals surface area contributed by atoms with Crippen molar-refractivity contribution < 1.29 is 17.9 Å². The van der Waals surface area contributed by atoms with Gasteiger partial charge < -0.3 is 4.74 Å². The molecule has 0 spiro atoms. The number of hydrogen-bond acceptors (Lipinski definition) is 3. The van der Waals surface area contributed by atoms with E-state index in [1.54, 1.807) is 0 Å². The van der Waals surface area contributed by atoms with E-state index in [1.165, 1.54) is 31.2 Å². The molecule has 3 nitrogen and oxygen atoms in total. The number of ether oxygens (including phenoxy) is 1. The van der Waals surface area contributed by atoms with Crippen LogP contribution in [0.25, 0.3) is 0 Å². The lowest BCUT2D eigenvalue weighted by molar-refractivity contribution is -0.142. The van der Waals surface area contributed by atoms with Crippen molar-refractivity contribution in [3.05, 3.63) is 46.0 Å². The molecule has 0 bridgehead atoms. The predicted octanol–water partition coefficient (Wildman–Crippen LogP) is 4.90. The summed E-state index contributed by atoms with van der Waals surface area (Å²) in [6.45, 7) is 1.31. The average Bonchev–Trinajstić information content (AvgIpc) is 2.33. The highest BCUT2D eigenvalue weighted by molar-refractivity contribution is 6.31. The monoisotopic (exact) mass is 322 g/mol. The molecule has 0 aliphatic rings. The van der Waals surface area contributed by atoms with Gasteiger partial charge in [0.15, 0.2) is 16.6 Å². The summed E-state index contributed by atoms with van der Waals surface area (Å²) in [4.78, 5) is 7.01. The Hall–Kier alpha value is -1.53. The number of benzene rings is 1. The van der Waals surface area contributed by atoms with Gasteiger partial charge >= 0.3 is 6.18 Å². The predicted molar refractivity (Wildman–Crippen MR) is 68.3 cm³/mol. The maximum absolute atomic E-state index is 12.9. The topological polar surface area (TPSA) is 35.0 Å². The molecule has 0 unspecified atom stereocenters. The second-order valence-corrected chi connectivity index (χ2v) is 4.59. The molecule has 2 rings (SSSR count). The molecule has 0 aliphatic carbocycles. The maximum atomic E-state index is 12.9. The second kappa shape index (κ2) is 5.46. The van der Waals surface area contributed by atoms with E-state index >= 15 is 0 Å². The lowest BCUT2D eigenvalue weighted by atomic mass is 10.3. The molecule has 0 amide bonds. The first-order chi connectivity index (χ1) is 9.27. The zero-order valence-electron chi connectivity index (χ0n) is 10.0. The van der Waals surface area contributed by atoms with E-state index in [4.69, 9.17) is 27.9 Å². The van der Waals surface area contributed by atoms with Crippen molar-refractivity contribution in [1.82, 2.24) is 9.97 Å². The van der Waals surface area contributed by atoms with Gasteiger partial charge in [-0.25, -0.2) is 9.97 Å². The molecule has 0 atom stereocenters. The Labute approximate surface area is 122 Å². The lowest BCUT2D eigenvalue weighted by Gasteiger charge is -2.14. The molecule has 106 valence electrons. The van der Waals surface area contributed by atoms with Crippen molar-refractivity contribution in [2.45, 2.75) is 13.1 Å². The molecule has 2 aromatic rings. The van der Waals surface area contributed by atoms with E-state index in [0.29, 0.717) is 5.02 Å². The van der Waals surface area contributed by atoms with Gasteiger partial charge in [0.2, 0.25) is 0 Å². The molecular formula is C12H7Cl2F3N2O. The molecule has 0 aliphatic heterocycles. The second-order valence-electron chi connectivity index (χ2n) is 3.79. The van der Waals surface area contributed by atoms with Crippen molar-refractivity contribution in [3.8, 4) is 11.5 Å². The molecule has 0 radical (unpaired) electrons. The van der Waals surface area contributed by atoms with Crippen molar-refractivity contribution in [1.29, 1.82) is 0 Å². The minimum absolute atomic E-state index is 0.0919. The molecule has 20 heavy (non-hydrogen) atoms. The van der Waals surface area contributed by atoms with Crippen LogP contribution in [0.4, 0.5) is 13.2 Å². The molecule has 0 saturated carbocycles. The van der Waals surface area contributed by atoms with Crippen molar-refractivity contribution in [3.63, 3.8) is 0 Å². The number of rotatable bonds is 2. The molecule has 1 aromatic carbocycles. The van der Waals surface area contributed by atoms with E-state index in [-0.39, 0.29) is 11.6 Å². The van der Waals surface area contributed by atoms with Crippen molar-refractivity contribution in [2.24, 2.45) is 0 Å². The van der Waals surface area contributed by atoms with Gasteiger partial charge in [0.1, 0.15) is 11.6 Å². The van der Waals surface area contributed by atoms with Crippen LogP contribution in [0.5, 0.6) is 11.5 Å². The summed E-state index contributed by atoms with van der Waals surface area (Å²) >= 11 is 11.4. The van der Waals surface area contributed by atoms with Crippen LogP contribution >= 0.6 is 23.2 Å². The number of nitrogens with zero attached hydrogens (tertiary/aromatic N) is 2. The van der Waals surface area contributed by atoms with Crippen LogP contribution in [0.3, 0.4) is 0 Å². The Kier molecular flexibility index (Phi) is 4.06. The smallest absolute Gasteiger partial charge is 0.437 e. The van der Waals surface area contributed by atoms with Gasteiger partial charge in [-0.1, -0.05) is 23.2 Å². The minimum Gasteiger partial charge on any atom is -0.452 e. The van der Waals surface area contributed by atoms with Crippen LogP contribution in [0.15, 0.2) is 24.3 Å². The third-order valence-corrected chi connectivity index (χ3v) is 2.75. The maximum Gasteiger partial charge on any atom is 0.437 e. The highest BCUT2D eigenvalue weighted by atomic mass is 35.5. The molecule has 0 saturated heterocycles. The van der Waals surface area contributed by atoms with E-state index in [0.717, 1.165) is 0 Å². The first kappa shape index (κ1) is 14.9. The van der Waals surface area contributed by atoms with E-state index in [2.05, 4.69) is 9.97 Å². The van der Waals surface area contributed by atoms with Crippen molar-refractivity contribution >= 4 is 23.2 Å². The molecule has 1 aromatic heterocycles. The van der Waals surface area contributed by atoms with Gasteiger partial charge in [0.25, 0.3) is 0 Å². The Balaban J connectivity index is 2.47. The number of aryl methyl sites for hydroxylation is 1. The summed E-state index contributed by atoms with van der Waals surface area (Å²) < 4.78 is 43.9. The quantitative estimate of drug-likeness (QED) is 0.737. The van der Waals surface area contributed by atoms with Crippen LogP contribution in [-0.2, 0) is 6.18 Å². The van der Waals surface area contributed by atoms with Gasteiger partial charge in [-0.05, 0) is 31.2 Å². The zero-order chi connectivity index (χ0) is 14.9. The van der Waals surface area contributed by atoms with E-state index in [9.17, 15) is 13.2 Å². The standard InChI is InChI=1S/C12H7Cl2F3N2O/c1-6-18-10(12(15,16)17)9(11(14)19-6)20-8-4-2-7(13)3-5-8/h2-5H,1H3. The van der Waals surface area contributed by atoms with Crippen LogP contribution < -0.4 is 4.74 Å². The average molecular weight is 323 g/mol. The normalized spacial score (nSPS) is 11.5. The number of aromatic nitrogens is 2. The fraction of sp³-hybridized carbons (Fsp3) is 0.167. The summed E-state index contributed by atoms with van der Waals surface area (Å²) in [6, 6.07) is 5.79. The fourth-order valence-electron chi connectivity index (χ4n) is 1.43. The molecule has 8 heteroatoms. The summed E-state index contributed by atoms with van der Waals surface area (Å²) in [5.41, 5.74) is -1.22. The molecule has 1 heterocycles. The van der Waals surface area contributed by atoms with Crippen LogP contribution in [-0.4, -0.2) is 9.97 Å². The Morgan fingerprint density at radius 3 is 2.20 bits per heavy atom. The van der Waals surface area contributed by atoms with Gasteiger partial charge in [-0.2, -0.15) is 13.2 Å². The van der Waals surface area contributed by atoms with Crippen LogP contribution in [0, 0.1) is 6.92 Å². The SMILES string of the molecule is Cc1nc(Cl)c(Oc2ccc(Cl)cc2)c(C(F)(F)F)n1. The molecule has 0 fully saturated rings. The molecular weight excluding hydrogens is 316 g/mol. The van der Waals surface area contributed by atoms with Crippen LogP contribution in [0.2, 0.25) is 10.2 Å². The lowest BCUT2D eigenvalue weighted by Crippen LogP contribution is -2.12. The third kappa shape index (κ3) is 3.32. The molecule has 0 N–H and O–H groups in total. The van der Waals surface area contributed by atoms with E-state index < -0.39 is 22.8 Å². The highest BCUT2D eigenvalue weighted by Gasteiger charge is 2.38. The Bertz CT molecular complexity index is 630.